The van der Waals surface area contributed by atoms with Crippen molar-refractivity contribution in [2.24, 2.45) is 22.2 Å². The van der Waals surface area contributed by atoms with E-state index in [1.807, 2.05) is 18.2 Å². The molecule has 18 nitrogen and oxygen atoms in total. The van der Waals surface area contributed by atoms with E-state index in [9.17, 15) is 33.6 Å². The van der Waals surface area contributed by atoms with E-state index >= 15 is 0 Å². The summed E-state index contributed by atoms with van der Waals surface area (Å²) in [5.74, 6) is -6.59. The average molecular weight is 735 g/mol. The minimum Gasteiger partial charge on any atom is -0.480 e. The molecule has 1 aliphatic heterocycles. The smallest absolute Gasteiger partial charge is 0.327 e. The number of benzene rings is 1. The molecule has 0 saturated carbocycles. The molecule has 4 atom stereocenters. The number of nitrogens with zero attached hydrogens (tertiary/aromatic N) is 1. The van der Waals surface area contributed by atoms with Crippen molar-refractivity contribution in [2.45, 2.75) is 69.6 Å². The Morgan fingerprint density at radius 3 is 1.90 bits per heavy atom. The molecule has 1 aliphatic rings. The molecule has 19 heteroatoms. The number of amides is 6. The number of guanidine groups is 1. The minimum absolute atomic E-state index is 0.0815. The largest absolute Gasteiger partial charge is 0.480 e. The zero-order valence-electron chi connectivity index (χ0n) is 28.6. The molecule has 0 aromatic heterocycles. The number of carbonyl (C=O) groups excluding carboxylic acids is 6. The number of nitrogens with two attached hydrogens (primary N) is 3. The highest BCUT2D eigenvalue weighted by atomic mass is 32.1. The lowest BCUT2D eigenvalue weighted by atomic mass is 10.1. The van der Waals surface area contributed by atoms with Gasteiger partial charge in [-0.05, 0) is 45.6 Å². The lowest BCUT2D eigenvalue weighted by Gasteiger charge is -2.23. The van der Waals surface area contributed by atoms with Crippen LogP contribution in [-0.4, -0.2) is 109 Å². The molecule has 0 radical (unpaired) electrons. The zero-order valence-corrected chi connectivity index (χ0v) is 29.5. The maximum absolute atomic E-state index is 13.1. The number of rotatable bonds is 13. The van der Waals surface area contributed by atoms with Crippen LogP contribution in [0.5, 0.6) is 0 Å². The number of carboxylic acid groups (broad SMARTS) is 1. The summed E-state index contributed by atoms with van der Waals surface area (Å²) in [6, 6.07) is 5.18. The summed E-state index contributed by atoms with van der Waals surface area (Å²) in [6.45, 7) is 1.36. The van der Waals surface area contributed by atoms with Gasteiger partial charge in [-0.15, -0.1) is 12.8 Å². The van der Waals surface area contributed by atoms with Crippen LogP contribution >= 0.6 is 12.6 Å². The molecule has 0 aliphatic carbocycles. The first-order chi connectivity index (χ1) is 24.3. The summed E-state index contributed by atoms with van der Waals surface area (Å²) in [6.07, 6.45) is 8.90. The van der Waals surface area contributed by atoms with Crippen LogP contribution in [0.25, 0.3) is 0 Å². The van der Waals surface area contributed by atoms with Gasteiger partial charge in [-0.3, -0.25) is 33.8 Å². The van der Waals surface area contributed by atoms with E-state index < -0.39 is 85.1 Å². The molecule has 0 spiro atoms. The number of terminal acetylenes is 1. The van der Waals surface area contributed by atoms with Gasteiger partial charge in [-0.1, -0.05) is 35.9 Å². The van der Waals surface area contributed by atoms with E-state index in [0.29, 0.717) is 19.4 Å². The van der Waals surface area contributed by atoms with Gasteiger partial charge in [-0.25, -0.2) is 4.79 Å². The lowest BCUT2D eigenvalue weighted by molar-refractivity contribution is -0.141. The molecule has 282 valence electrons. The van der Waals surface area contributed by atoms with Gasteiger partial charge in [-0.2, -0.15) is 12.6 Å². The van der Waals surface area contributed by atoms with Crippen molar-refractivity contribution in [1.29, 1.82) is 0 Å². The van der Waals surface area contributed by atoms with Crippen LogP contribution in [-0.2, 0) is 33.6 Å². The fraction of sp³-hybridized carbons (Fsp3) is 0.500. The van der Waals surface area contributed by atoms with Crippen molar-refractivity contribution in [3.05, 3.63) is 35.9 Å². The molecule has 6 amide bonds. The molecule has 1 fully saturated rings. The molecular formula is C32H50N10O8S. The first-order valence-corrected chi connectivity index (χ1v) is 16.6. The normalized spacial score (nSPS) is 18.7. The second kappa shape index (κ2) is 26.5. The Balaban J connectivity index is 0.00000242. The summed E-state index contributed by atoms with van der Waals surface area (Å²) >= 11 is 3.85. The second-order valence-corrected chi connectivity index (χ2v) is 11.3. The van der Waals surface area contributed by atoms with Gasteiger partial charge >= 0.3 is 5.97 Å². The van der Waals surface area contributed by atoms with E-state index in [0.717, 1.165) is 0 Å². The Hall–Kier alpha value is -5.35. The van der Waals surface area contributed by atoms with Crippen molar-refractivity contribution in [2.75, 3.05) is 31.9 Å². The van der Waals surface area contributed by atoms with Gasteiger partial charge in [0.1, 0.15) is 24.2 Å². The summed E-state index contributed by atoms with van der Waals surface area (Å²) in [5, 5.41) is 23.3. The summed E-state index contributed by atoms with van der Waals surface area (Å²) < 4.78 is 0. The molecule has 13 N–H and O–H groups in total. The van der Waals surface area contributed by atoms with Gasteiger partial charge in [0.25, 0.3) is 0 Å². The number of hydrogen-bond acceptors (Lipinski definition) is 10. The maximum Gasteiger partial charge on any atom is 0.327 e. The number of unbranched alkanes of at least 4 members (excludes halogenated alkanes) is 1. The van der Waals surface area contributed by atoms with Gasteiger partial charge in [0, 0.05) is 12.3 Å². The van der Waals surface area contributed by atoms with E-state index in [2.05, 4.69) is 81.4 Å². The number of aryl methyl sites for hydroxylation is 1. The number of nitrogens with one attached hydrogen (secondary N) is 6. The fourth-order valence-corrected chi connectivity index (χ4v) is 4.49. The van der Waals surface area contributed by atoms with Crippen molar-refractivity contribution in [3.63, 3.8) is 0 Å². The number of hydrogen-bond donors (Lipinski definition) is 11. The first-order valence-electron chi connectivity index (χ1n) is 15.9. The van der Waals surface area contributed by atoms with Gasteiger partial charge in [0.05, 0.1) is 19.5 Å². The van der Waals surface area contributed by atoms with Gasteiger partial charge < -0.3 is 54.2 Å². The third-order valence-electron chi connectivity index (χ3n) is 6.82. The second-order valence-electron chi connectivity index (χ2n) is 11.0. The third kappa shape index (κ3) is 20.7. The van der Waals surface area contributed by atoms with E-state index in [1.54, 1.807) is 0 Å². The molecule has 51 heavy (non-hydrogen) atoms. The van der Waals surface area contributed by atoms with Crippen molar-refractivity contribution in [3.8, 4) is 12.8 Å². The van der Waals surface area contributed by atoms with Crippen LogP contribution in [0.2, 0.25) is 0 Å². The van der Waals surface area contributed by atoms with Crippen LogP contribution < -0.4 is 49.1 Å². The number of carboxylic acids is 1. The first kappa shape index (κ1) is 45.6. The third-order valence-corrected chi connectivity index (χ3v) is 7.19. The highest BCUT2D eigenvalue weighted by Gasteiger charge is 2.30. The Morgan fingerprint density at radius 1 is 0.882 bits per heavy atom. The van der Waals surface area contributed by atoms with Crippen LogP contribution in [0.3, 0.4) is 0 Å². The Bertz CT molecular complexity index is 1340. The predicted molar refractivity (Wildman–Crippen MR) is 194 cm³/mol. The fourth-order valence-electron chi connectivity index (χ4n) is 4.25. The quantitative estimate of drug-likeness (QED) is 0.0319. The Morgan fingerprint density at radius 2 is 1.41 bits per heavy atom. The van der Waals surface area contributed by atoms with E-state index in [4.69, 9.17) is 22.3 Å². The standard InChI is InChI=1S/C23H40N10O8S.C7H8.C2H2/c24-6-2-1-4-13-21(39)33-12(5-3-7-27-23(25)26)19(37)28-10-18(36)31-14(20(38)29-9-17(35)30-13)8-16(34)32-15(11-42)22(40)41;1-7-5-3-2-4-6-7;1-2/h12-15,42H,1-11,24H2,(H,28,37)(H,29,38)(H,30,35)(H,31,36)(H,32,34)(H,33,39)(H,40,41)(H4,25,26,27);2-6H,1H3;1-2H/t12-,13-,14-,15+;;/m0../s1. The van der Waals surface area contributed by atoms with Crippen LogP contribution in [0.15, 0.2) is 35.3 Å². The molecule has 0 unspecified atom stereocenters. The van der Waals surface area contributed by atoms with Gasteiger partial charge in [0.2, 0.25) is 35.4 Å². The van der Waals surface area contributed by atoms with Crippen LogP contribution in [0, 0.1) is 19.8 Å². The minimum atomic E-state index is -1.53. The van der Waals surface area contributed by atoms with E-state index in [1.165, 1.54) is 5.56 Å². The van der Waals surface area contributed by atoms with E-state index in [-0.39, 0.29) is 37.5 Å². The zero-order chi connectivity index (χ0) is 38.8. The lowest BCUT2D eigenvalue weighted by Crippen LogP contribution is -2.55. The molecule has 1 aromatic carbocycles. The van der Waals surface area contributed by atoms with Gasteiger partial charge in [0.15, 0.2) is 5.96 Å². The Kier molecular flexibility index (Phi) is 23.7. The number of aliphatic carboxylic acids is 1. The molecule has 0 bridgehead atoms. The molecule has 1 saturated heterocycles. The summed E-state index contributed by atoms with van der Waals surface area (Å²) in [4.78, 5) is 91.5. The monoisotopic (exact) mass is 734 g/mol. The number of carbonyl (C=O) groups is 7. The van der Waals surface area contributed by atoms with Crippen molar-refractivity contribution < 1.29 is 38.7 Å². The highest BCUT2D eigenvalue weighted by molar-refractivity contribution is 7.80. The SMILES string of the molecule is C#C.Cc1ccccc1.NCCCC[C@@H]1NC(=O)CNC(=O)[C@H](CC(=O)N[C@H](CS)C(=O)O)NC(=O)CNC(=O)[C@H](CCCN=C(N)N)NC1=O. The predicted octanol–water partition coefficient (Wildman–Crippen LogP) is -3.00. The van der Waals surface area contributed by atoms with Crippen LogP contribution in [0.1, 0.15) is 44.1 Å². The summed E-state index contributed by atoms with van der Waals surface area (Å²) in [5.41, 5.74) is 17.5. The van der Waals surface area contributed by atoms with Crippen molar-refractivity contribution in [1.82, 2.24) is 31.9 Å². The number of aliphatic imine (C=N–C) groups is 1. The average Bonchev–Trinajstić information content (AvgIpc) is 3.10. The van der Waals surface area contributed by atoms with Crippen molar-refractivity contribution >= 4 is 60.0 Å². The molecule has 2 rings (SSSR count). The number of thiol groups is 1. The topological polar surface area (TPSA) is 302 Å². The maximum atomic E-state index is 13.1. The summed E-state index contributed by atoms with van der Waals surface area (Å²) in [7, 11) is 0. The molecule has 1 heterocycles. The Labute approximate surface area is 302 Å². The molecular weight excluding hydrogens is 684 g/mol. The highest BCUT2D eigenvalue weighted by Crippen LogP contribution is 2.05. The van der Waals surface area contributed by atoms with Crippen LogP contribution in [0.4, 0.5) is 0 Å². The molecule has 1 aromatic rings.